The summed E-state index contributed by atoms with van der Waals surface area (Å²) in [4.78, 5) is 23.8. The van der Waals surface area contributed by atoms with Gasteiger partial charge in [-0.05, 0) is 12.0 Å². The van der Waals surface area contributed by atoms with Crippen LogP contribution in [0.1, 0.15) is 12.5 Å². The van der Waals surface area contributed by atoms with Crippen LogP contribution in [0.15, 0.2) is 30.3 Å². The van der Waals surface area contributed by atoms with E-state index in [0.717, 1.165) is 30.2 Å². The molecule has 120 valence electrons. The zero-order valence-electron chi connectivity index (χ0n) is 12.8. The largest absolute Gasteiger partial charge is 0.289 e. The van der Waals surface area contributed by atoms with E-state index in [1.165, 1.54) is 11.8 Å². The average molecular weight is 338 g/mol. The van der Waals surface area contributed by atoms with Gasteiger partial charge in [0.25, 0.3) is 0 Å². The maximum atomic E-state index is 12.5. The van der Waals surface area contributed by atoms with Gasteiger partial charge in [-0.25, -0.2) is 5.01 Å². The van der Waals surface area contributed by atoms with Gasteiger partial charge in [0.15, 0.2) is 5.12 Å². The Morgan fingerprint density at radius 3 is 2.59 bits per heavy atom. The minimum absolute atomic E-state index is 0.0181. The van der Waals surface area contributed by atoms with Gasteiger partial charge in [-0.15, -0.1) is 0 Å². The molecule has 1 atom stereocenters. The van der Waals surface area contributed by atoms with E-state index >= 15 is 0 Å². The molecule has 0 saturated carbocycles. The van der Waals surface area contributed by atoms with Crippen LogP contribution in [0.2, 0.25) is 0 Å². The Hall–Kier alpha value is -0.980. The first kappa shape index (κ1) is 17.4. The SMILES string of the molecule is CC(=O)SCC(Cc1ccccc1)C(=O)NN1CCSCC1. The molecule has 1 saturated heterocycles. The third kappa shape index (κ3) is 6.02. The van der Waals surface area contributed by atoms with Crippen LogP contribution in [-0.2, 0) is 16.0 Å². The van der Waals surface area contributed by atoms with E-state index in [2.05, 4.69) is 5.43 Å². The molecule has 0 radical (unpaired) electrons. The lowest BCUT2D eigenvalue weighted by molar-refractivity contribution is -0.129. The highest BCUT2D eigenvalue weighted by Crippen LogP contribution is 2.16. The van der Waals surface area contributed by atoms with Gasteiger partial charge in [0.1, 0.15) is 0 Å². The van der Waals surface area contributed by atoms with Crippen LogP contribution >= 0.6 is 23.5 Å². The van der Waals surface area contributed by atoms with Gasteiger partial charge in [0.2, 0.25) is 5.91 Å². The number of carbonyl (C=O) groups excluding carboxylic acids is 2. The molecular formula is C16H22N2O2S2. The highest BCUT2D eigenvalue weighted by Gasteiger charge is 2.22. The zero-order valence-corrected chi connectivity index (χ0v) is 14.4. The van der Waals surface area contributed by atoms with Crippen molar-refractivity contribution in [2.75, 3.05) is 30.3 Å². The van der Waals surface area contributed by atoms with Crippen molar-refractivity contribution in [2.45, 2.75) is 13.3 Å². The Morgan fingerprint density at radius 2 is 1.95 bits per heavy atom. The number of carbonyl (C=O) groups is 2. The molecule has 0 aliphatic carbocycles. The first-order valence-electron chi connectivity index (χ1n) is 7.45. The molecule has 22 heavy (non-hydrogen) atoms. The molecule has 2 rings (SSSR count). The standard InChI is InChI=1S/C16H22N2O2S2/c1-13(19)22-12-15(11-14-5-3-2-4-6-14)16(20)17-18-7-9-21-10-8-18/h2-6,15H,7-12H2,1H3,(H,17,20). The van der Waals surface area contributed by atoms with Crippen molar-refractivity contribution in [2.24, 2.45) is 5.92 Å². The summed E-state index contributed by atoms with van der Waals surface area (Å²) in [6.07, 6.45) is 0.662. The van der Waals surface area contributed by atoms with Crippen molar-refractivity contribution in [3.05, 3.63) is 35.9 Å². The molecule has 0 spiro atoms. The molecule has 1 aliphatic rings. The predicted octanol–water partition coefficient (Wildman–Crippen LogP) is 2.21. The number of hydrogen-bond donors (Lipinski definition) is 1. The second-order valence-electron chi connectivity index (χ2n) is 5.26. The van der Waals surface area contributed by atoms with Crippen LogP contribution < -0.4 is 5.43 Å². The minimum atomic E-state index is -0.189. The fourth-order valence-electron chi connectivity index (χ4n) is 2.27. The van der Waals surface area contributed by atoms with Crippen molar-refractivity contribution in [3.8, 4) is 0 Å². The second-order valence-corrected chi connectivity index (χ2v) is 7.69. The molecule has 4 nitrogen and oxygen atoms in total. The van der Waals surface area contributed by atoms with E-state index in [1.807, 2.05) is 47.1 Å². The van der Waals surface area contributed by atoms with Crippen LogP contribution in [0, 0.1) is 5.92 Å². The maximum absolute atomic E-state index is 12.5. The predicted molar refractivity (Wildman–Crippen MR) is 93.8 cm³/mol. The van der Waals surface area contributed by atoms with Gasteiger partial charge in [0, 0.05) is 37.3 Å². The Kier molecular flexibility index (Phi) is 7.29. The Morgan fingerprint density at radius 1 is 1.27 bits per heavy atom. The molecule has 0 aromatic heterocycles. The summed E-state index contributed by atoms with van der Waals surface area (Å²) in [7, 11) is 0. The molecule has 1 aromatic rings. The number of benzene rings is 1. The molecule has 1 unspecified atom stereocenters. The summed E-state index contributed by atoms with van der Waals surface area (Å²) in [5.74, 6) is 2.45. The van der Waals surface area contributed by atoms with Crippen LogP contribution in [-0.4, -0.2) is 46.4 Å². The monoisotopic (exact) mass is 338 g/mol. The quantitative estimate of drug-likeness (QED) is 0.862. The van der Waals surface area contributed by atoms with Gasteiger partial charge < -0.3 is 0 Å². The molecule has 1 aromatic carbocycles. The van der Waals surface area contributed by atoms with E-state index in [4.69, 9.17) is 0 Å². The molecule has 1 fully saturated rings. The first-order valence-corrected chi connectivity index (χ1v) is 9.59. The topological polar surface area (TPSA) is 49.4 Å². The van der Waals surface area contributed by atoms with E-state index in [9.17, 15) is 9.59 Å². The van der Waals surface area contributed by atoms with Crippen molar-refractivity contribution in [3.63, 3.8) is 0 Å². The van der Waals surface area contributed by atoms with E-state index in [-0.39, 0.29) is 16.9 Å². The maximum Gasteiger partial charge on any atom is 0.238 e. The Balaban J connectivity index is 1.95. The number of rotatable bonds is 6. The van der Waals surface area contributed by atoms with Gasteiger partial charge in [-0.1, -0.05) is 42.1 Å². The number of nitrogens with one attached hydrogen (secondary N) is 1. The van der Waals surface area contributed by atoms with Crippen LogP contribution in [0.4, 0.5) is 0 Å². The number of hydrazine groups is 1. The summed E-state index contributed by atoms with van der Waals surface area (Å²) in [6.45, 7) is 3.31. The Labute approximate surface area is 140 Å². The molecule has 1 amide bonds. The lowest BCUT2D eigenvalue weighted by Crippen LogP contribution is -2.49. The van der Waals surface area contributed by atoms with Crippen molar-refractivity contribution in [1.29, 1.82) is 0 Å². The normalized spacial score (nSPS) is 17.0. The summed E-state index contributed by atoms with van der Waals surface area (Å²) < 4.78 is 0. The van der Waals surface area contributed by atoms with Crippen LogP contribution in [0.5, 0.6) is 0 Å². The molecule has 6 heteroatoms. The summed E-state index contributed by atoms with van der Waals surface area (Å²) in [5.41, 5.74) is 4.15. The summed E-state index contributed by atoms with van der Waals surface area (Å²) in [5, 5.41) is 2.05. The van der Waals surface area contributed by atoms with E-state index < -0.39 is 0 Å². The van der Waals surface area contributed by atoms with Crippen molar-refractivity contribution >= 4 is 34.5 Å². The first-order chi connectivity index (χ1) is 10.6. The van der Waals surface area contributed by atoms with Gasteiger partial charge in [-0.3, -0.25) is 15.0 Å². The molecular weight excluding hydrogens is 316 g/mol. The number of thioether (sulfide) groups is 2. The number of nitrogens with zero attached hydrogens (tertiary/aromatic N) is 1. The lowest BCUT2D eigenvalue weighted by Gasteiger charge is -2.28. The highest BCUT2D eigenvalue weighted by molar-refractivity contribution is 8.13. The van der Waals surface area contributed by atoms with Gasteiger partial charge >= 0.3 is 0 Å². The highest BCUT2D eigenvalue weighted by atomic mass is 32.2. The second kappa shape index (κ2) is 9.22. The van der Waals surface area contributed by atoms with Crippen LogP contribution in [0.25, 0.3) is 0 Å². The van der Waals surface area contributed by atoms with Crippen LogP contribution in [0.3, 0.4) is 0 Å². The molecule has 1 aliphatic heterocycles. The number of amides is 1. The molecule has 1 heterocycles. The summed E-state index contributed by atoms with van der Waals surface area (Å²) in [6, 6.07) is 9.97. The third-order valence-electron chi connectivity index (χ3n) is 3.46. The average Bonchev–Trinajstić information content (AvgIpc) is 2.53. The van der Waals surface area contributed by atoms with Gasteiger partial charge in [0.05, 0.1) is 5.92 Å². The Bertz CT molecular complexity index is 490. The van der Waals surface area contributed by atoms with Crippen molar-refractivity contribution < 1.29 is 9.59 Å². The summed E-state index contributed by atoms with van der Waals surface area (Å²) >= 11 is 3.14. The van der Waals surface area contributed by atoms with Gasteiger partial charge in [-0.2, -0.15) is 11.8 Å². The molecule has 0 bridgehead atoms. The smallest absolute Gasteiger partial charge is 0.238 e. The molecule has 1 N–H and O–H groups in total. The minimum Gasteiger partial charge on any atom is -0.289 e. The fraction of sp³-hybridized carbons (Fsp3) is 0.500. The number of hydrogen-bond acceptors (Lipinski definition) is 5. The van der Waals surface area contributed by atoms with E-state index in [0.29, 0.717) is 12.2 Å². The lowest BCUT2D eigenvalue weighted by atomic mass is 10.0. The van der Waals surface area contributed by atoms with E-state index in [1.54, 1.807) is 6.92 Å². The fourth-order valence-corrected chi connectivity index (χ4v) is 3.87. The zero-order chi connectivity index (χ0) is 15.8. The third-order valence-corrected chi connectivity index (χ3v) is 5.38. The van der Waals surface area contributed by atoms with Crippen molar-refractivity contribution in [1.82, 2.24) is 10.4 Å².